The first-order valence-electron chi connectivity index (χ1n) is 15.2. The average molecular weight is 640 g/mol. The number of carbonyl (C=O) groups excluding carboxylic acids is 1. The third-order valence-electron chi connectivity index (χ3n) is 7.78. The summed E-state index contributed by atoms with van der Waals surface area (Å²) >= 11 is 6.19. The number of hydrogen-bond acceptors (Lipinski definition) is 7. The molecule has 9 heteroatoms. The minimum Gasteiger partial charge on any atom is -0.457 e. The first-order valence-corrected chi connectivity index (χ1v) is 15.6. The highest BCUT2D eigenvalue weighted by Gasteiger charge is 2.23. The number of carbonyl (C=O) groups is 1. The molecule has 0 fully saturated rings. The summed E-state index contributed by atoms with van der Waals surface area (Å²) in [7, 11) is 1.59. The normalized spacial score (nSPS) is 12.6. The van der Waals surface area contributed by atoms with Crippen LogP contribution in [0.2, 0.25) is 5.02 Å². The number of aromatic nitrogens is 1. The second kappa shape index (κ2) is 16.3. The highest BCUT2D eigenvalue weighted by molar-refractivity contribution is 6.30. The monoisotopic (exact) mass is 639 g/mol. The Morgan fingerprint density at radius 3 is 2.50 bits per heavy atom. The van der Waals surface area contributed by atoms with Gasteiger partial charge in [0.2, 0.25) is 0 Å². The fraction of sp³-hybridized carbons (Fsp3) is 0.243. The lowest BCUT2D eigenvalue weighted by atomic mass is 10.0. The second-order valence-electron chi connectivity index (χ2n) is 11.1. The average Bonchev–Trinajstić information content (AvgIpc) is 3.08. The van der Waals surface area contributed by atoms with Gasteiger partial charge in [-0.05, 0) is 71.6 Å². The molecular formula is C37H38ClN3O5. The van der Waals surface area contributed by atoms with Gasteiger partial charge in [0.25, 0.3) is 5.91 Å². The molecule has 0 aliphatic rings. The van der Waals surface area contributed by atoms with Crippen molar-refractivity contribution in [1.82, 2.24) is 15.2 Å². The van der Waals surface area contributed by atoms with Crippen molar-refractivity contribution in [2.24, 2.45) is 0 Å². The molecule has 1 heterocycles. The number of halogens is 1. The molecule has 2 atom stereocenters. The number of benzene rings is 4. The third-order valence-corrected chi connectivity index (χ3v) is 8.01. The van der Waals surface area contributed by atoms with Crippen molar-refractivity contribution in [3.8, 4) is 11.5 Å². The highest BCUT2D eigenvalue weighted by atomic mass is 35.5. The molecule has 8 nitrogen and oxygen atoms in total. The van der Waals surface area contributed by atoms with Crippen LogP contribution in [0.5, 0.6) is 11.5 Å². The van der Waals surface area contributed by atoms with Crippen LogP contribution in [-0.2, 0) is 17.7 Å². The van der Waals surface area contributed by atoms with Crippen molar-refractivity contribution in [3.63, 3.8) is 0 Å². The smallest absolute Gasteiger partial charge is 0.251 e. The maximum Gasteiger partial charge on any atom is 0.251 e. The summed E-state index contributed by atoms with van der Waals surface area (Å²) in [5.41, 5.74) is 4.00. The Kier molecular flexibility index (Phi) is 11.7. The molecular weight excluding hydrogens is 602 g/mol. The van der Waals surface area contributed by atoms with Gasteiger partial charge in [-0.3, -0.25) is 14.7 Å². The summed E-state index contributed by atoms with van der Waals surface area (Å²) < 4.78 is 11.2. The molecule has 1 aromatic heterocycles. The number of pyridine rings is 1. The van der Waals surface area contributed by atoms with E-state index in [1.807, 2.05) is 72.8 Å². The van der Waals surface area contributed by atoms with Crippen molar-refractivity contribution < 1.29 is 24.5 Å². The molecule has 238 valence electrons. The lowest BCUT2D eigenvalue weighted by Crippen LogP contribution is -2.41. The molecule has 0 saturated carbocycles. The number of nitrogens with zero attached hydrogens (tertiary/aromatic N) is 2. The molecule has 0 aliphatic carbocycles. The summed E-state index contributed by atoms with van der Waals surface area (Å²) in [5.74, 6) is 1.09. The number of ether oxygens (including phenoxy) is 2. The molecule has 0 spiro atoms. The van der Waals surface area contributed by atoms with Crippen molar-refractivity contribution in [2.45, 2.75) is 25.1 Å². The van der Waals surface area contributed by atoms with E-state index < -0.39 is 6.10 Å². The van der Waals surface area contributed by atoms with Gasteiger partial charge >= 0.3 is 0 Å². The second-order valence-corrected chi connectivity index (χ2v) is 11.5. The van der Waals surface area contributed by atoms with E-state index >= 15 is 0 Å². The quantitative estimate of drug-likeness (QED) is 0.117. The Morgan fingerprint density at radius 1 is 0.957 bits per heavy atom. The molecule has 1 amide bonds. The maximum atomic E-state index is 12.5. The number of hydrogen-bond donors (Lipinski definition) is 3. The van der Waals surface area contributed by atoms with Gasteiger partial charge in [-0.15, -0.1) is 0 Å². The van der Waals surface area contributed by atoms with Crippen LogP contribution in [0.25, 0.3) is 10.9 Å². The summed E-state index contributed by atoms with van der Waals surface area (Å²) in [6.45, 7) is 1.68. The first kappa shape index (κ1) is 33.1. The van der Waals surface area contributed by atoms with Gasteiger partial charge in [-0.1, -0.05) is 66.2 Å². The van der Waals surface area contributed by atoms with Crippen molar-refractivity contribution in [2.75, 3.05) is 33.4 Å². The Hall–Kier alpha value is -4.31. The molecule has 5 aromatic rings. The van der Waals surface area contributed by atoms with E-state index in [1.54, 1.807) is 43.6 Å². The van der Waals surface area contributed by atoms with Gasteiger partial charge in [0.05, 0.1) is 24.8 Å². The van der Waals surface area contributed by atoms with Crippen LogP contribution < -0.4 is 10.1 Å². The minimum atomic E-state index is -0.774. The fourth-order valence-electron chi connectivity index (χ4n) is 5.32. The predicted octanol–water partition coefficient (Wildman–Crippen LogP) is 6.20. The van der Waals surface area contributed by atoms with Gasteiger partial charge in [-0.25, -0.2) is 0 Å². The van der Waals surface area contributed by atoms with Crippen LogP contribution in [0, 0.1) is 0 Å². The van der Waals surface area contributed by atoms with Crippen molar-refractivity contribution in [3.05, 3.63) is 137 Å². The zero-order valence-electron chi connectivity index (χ0n) is 25.7. The summed E-state index contributed by atoms with van der Waals surface area (Å²) in [5, 5.41) is 25.8. The van der Waals surface area contributed by atoms with Gasteiger partial charge in [-0.2, -0.15) is 0 Å². The van der Waals surface area contributed by atoms with E-state index in [4.69, 9.17) is 21.1 Å². The predicted molar refractivity (Wildman–Crippen MR) is 180 cm³/mol. The Balaban J connectivity index is 1.29. The first-order chi connectivity index (χ1) is 22.4. The zero-order valence-corrected chi connectivity index (χ0v) is 26.4. The molecule has 0 bridgehead atoms. The number of aliphatic hydroxyl groups is 2. The van der Waals surface area contributed by atoms with E-state index in [0.717, 1.165) is 22.1 Å². The van der Waals surface area contributed by atoms with Crippen LogP contribution in [0.4, 0.5) is 0 Å². The van der Waals surface area contributed by atoms with Gasteiger partial charge in [0, 0.05) is 55.0 Å². The Bertz CT molecular complexity index is 1720. The largest absolute Gasteiger partial charge is 0.457 e. The van der Waals surface area contributed by atoms with Gasteiger partial charge < -0.3 is 25.0 Å². The summed E-state index contributed by atoms with van der Waals surface area (Å²) in [6.07, 6.45) is 1.45. The van der Waals surface area contributed by atoms with Crippen LogP contribution in [-0.4, -0.2) is 65.5 Å². The lowest BCUT2D eigenvalue weighted by Gasteiger charge is -2.32. The van der Waals surface area contributed by atoms with Crippen LogP contribution in [0.15, 0.2) is 109 Å². The van der Waals surface area contributed by atoms with Gasteiger partial charge in [0.1, 0.15) is 11.5 Å². The summed E-state index contributed by atoms with van der Waals surface area (Å²) in [4.78, 5) is 19.0. The number of methoxy groups -OCH3 is 1. The fourth-order valence-corrected chi connectivity index (χ4v) is 5.52. The number of amides is 1. The minimum absolute atomic E-state index is 0.0806. The number of rotatable bonds is 15. The summed E-state index contributed by atoms with van der Waals surface area (Å²) in [6, 6.07) is 31.9. The van der Waals surface area contributed by atoms with Gasteiger partial charge in [0.15, 0.2) is 0 Å². The van der Waals surface area contributed by atoms with E-state index in [2.05, 4.69) is 15.2 Å². The molecule has 0 unspecified atom stereocenters. The molecule has 4 aromatic carbocycles. The molecule has 0 aliphatic heterocycles. The topological polar surface area (TPSA) is 104 Å². The highest BCUT2D eigenvalue weighted by Crippen LogP contribution is 2.30. The Morgan fingerprint density at radius 2 is 1.76 bits per heavy atom. The molecule has 0 saturated heterocycles. The standard InChI is InChI=1S/C37H38ClN3O5/c1-45-19-18-40-37(44)29-12-15-33-34(22-29)39-17-16-36(33)46-32-13-10-26(11-14-32)20-31(25-42)41(23-27-6-3-2-4-7-27)24-35(43)28-8-5-9-30(38)21-28/h2-17,21-22,31,35,42-43H,18-20,23-25H2,1H3,(H,40,44)/t31-,35+/m0/s1. The number of fused-ring (bicyclic) bond motifs is 1. The van der Waals surface area contributed by atoms with E-state index in [0.29, 0.717) is 60.3 Å². The molecule has 5 rings (SSSR count). The SMILES string of the molecule is COCCNC(=O)c1ccc2c(Oc3ccc(C[C@@H](CO)N(Cc4ccccc4)C[C@@H](O)c4cccc(Cl)c4)cc3)ccnc2c1. The van der Waals surface area contributed by atoms with Crippen LogP contribution >= 0.6 is 11.6 Å². The van der Waals surface area contributed by atoms with E-state index in [-0.39, 0.29) is 18.6 Å². The number of nitrogens with one attached hydrogen (secondary N) is 1. The molecule has 0 radical (unpaired) electrons. The number of aliphatic hydroxyl groups excluding tert-OH is 2. The van der Waals surface area contributed by atoms with Crippen molar-refractivity contribution >= 4 is 28.4 Å². The van der Waals surface area contributed by atoms with Crippen LogP contribution in [0.3, 0.4) is 0 Å². The van der Waals surface area contributed by atoms with Crippen molar-refractivity contribution in [1.29, 1.82) is 0 Å². The maximum absolute atomic E-state index is 12.5. The molecule has 46 heavy (non-hydrogen) atoms. The van der Waals surface area contributed by atoms with E-state index in [9.17, 15) is 15.0 Å². The van der Waals surface area contributed by atoms with E-state index in [1.165, 1.54) is 0 Å². The zero-order chi connectivity index (χ0) is 32.3. The lowest BCUT2D eigenvalue weighted by molar-refractivity contribution is 0.0566. The third kappa shape index (κ3) is 8.90. The Labute approximate surface area is 274 Å². The molecule has 3 N–H and O–H groups in total. The van der Waals surface area contributed by atoms with Crippen LogP contribution in [0.1, 0.15) is 33.2 Å².